The van der Waals surface area contributed by atoms with Crippen molar-refractivity contribution in [2.75, 3.05) is 0 Å². The average Bonchev–Trinajstić information content (AvgIpc) is 3.39. The summed E-state index contributed by atoms with van der Waals surface area (Å²) >= 11 is 1.73. The van der Waals surface area contributed by atoms with Gasteiger partial charge in [-0.1, -0.05) is 61.5 Å². The van der Waals surface area contributed by atoms with Crippen LogP contribution in [-0.2, 0) is 13.1 Å². The van der Waals surface area contributed by atoms with Crippen LogP contribution in [0, 0.1) is 0 Å². The smallest absolute Gasteiger partial charge is 0.315 e. The summed E-state index contributed by atoms with van der Waals surface area (Å²) in [5.41, 5.74) is 4.77. The predicted molar refractivity (Wildman–Crippen MR) is 126 cm³/mol. The van der Waals surface area contributed by atoms with Crippen molar-refractivity contribution >= 4 is 28.3 Å². The third kappa shape index (κ3) is 4.26. The highest BCUT2D eigenvalue weighted by Gasteiger charge is 2.20. The molecule has 2 amide bonds. The normalized spacial score (nSPS) is 12.1. The molecule has 0 saturated heterocycles. The standard InChI is InChI=1S/C25H27N3OS/c1-3-18(2)27-25(29)26-16-21-20-12-7-8-13-22(20)28(17-19-10-5-4-6-11-19)24(21)23-14-9-15-30-23/h4-15,18H,3,16-17H2,1-2H3,(H2,26,27,29)/t18-/m1/s1. The highest BCUT2D eigenvalue weighted by atomic mass is 32.1. The number of para-hydroxylation sites is 1. The molecule has 1 atom stereocenters. The minimum Gasteiger partial charge on any atom is -0.336 e. The summed E-state index contributed by atoms with van der Waals surface area (Å²) in [5.74, 6) is 0. The molecule has 0 spiro atoms. The highest BCUT2D eigenvalue weighted by Crippen LogP contribution is 2.36. The summed E-state index contributed by atoms with van der Waals surface area (Å²) in [6.07, 6.45) is 0.907. The Morgan fingerprint density at radius 3 is 2.53 bits per heavy atom. The third-order valence-electron chi connectivity index (χ3n) is 5.43. The van der Waals surface area contributed by atoms with Crippen LogP contribution in [0.1, 0.15) is 31.4 Å². The zero-order chi connectivity index (χ0) is 20.9. The Hall–Kier alpha value is -3.05. The Labute approximate surface area is 181 Å². The van der Waals surface area contributed by atoms with Gasteiger partial charge < -0.3 is 15.2 Å². The third-order valence-corrected chi connectivity index (χ3v) is 6.31. The summed E-state index contributed by atoms with van der Waals surface area (Å²) in [6, 6.07) is 23.2. The maximum Gasteiger partial charge on any atom is 0.315 e. The molecule has 0 aliphatic heterocycles. The second-order valence-corrected chi connectivity index (χ2v) is 8.48. The number of hydrogen-bond acceptors (Lipinski definition) is 2. The fraction of sp³-hybridized carbons (Fsp3) is 0.240. The van der Waals surface area contributed by atoms with Crippen LogP contribution in [-0.4, -0.2) is 16.6 Å². The van der Waals surface area contributed by atoms with E-state index in [0.717, 1.165) is 18.5 Å². The number of fused-ring (bicyclic) bond motifs is 1. The molecule has 0 aliphatic rings. The van der Waals surface area contributed by atoms with E-state index in [1.807, 2.05) is 13.0 Å². The van der Waals surface area contributed by atoms with Gasteiger partial charge in [-0.3, -0.25) is 0 Å². The topological polar surface area (TPSA) is 46.1 Å². The van der Waals surface area contributed by atoms with Gasteiger partial charge in [-0.05, 0) is 36.4 Å². The number of thiophene rings is 1. The first-order chi connectivity index (χ1) is 14.7. The van der Waals surface area contributed by atoms with Crippen LogP contribution in [0.25, 0.3) is 21.5 Å². The van der Waals surface area contributed by atoms with Crippen LogP contribution in [0.5, 0.6) is 0 Å². The van der Waals surface area contributed by atoms with Crippen LogP contribution in [0.2, 0.25) is 0 Å². The van der Waals surface area contributed by atoms with Gasteiger partial charge >= 0.3 is 6.03 Å². The summed E-state index contributed by atoms with van der Waals surface area (Å²) in [4.78, 5) is 13.6. The first-order valence-corrected chi connectivity index (χ1v) is 11.3. The van der Waals surface area contributed by atoms with Crippen molar-refractivity contribution in [3.63, 3.8) is 0 Å². The summed E-state index contributed by atoms with van der Waals surface area (Å²) < 4.78 is 2.38. The van der Waals surface area contributed by atoms with Crippen LogP contribution < -0.4 is 10.6 Å². The van der Waals surface area contributed by atoms with E-state index in [1.54, 1.807) is 11.3 Å². The molecule has 0 radical (unpaired) electrons. The molecule has 2 aromatic carbocycles. The van der Waals surface area contributed by atoms with E-state index in [0.29, 0.717) is 6.54 Å². The Morgan fingerprint density at radius 1 is 1.03 bits per heavy atom. The molecule has 4 nitrogen and oxygen atoms in total. The number of aromatic nitrogens is 1. The van der Waals surface area contributed by atoms with Gasteiger partial charge in [0, 0.05) is 35.6 Å². The molecule has 2 N–H and O–H groups in total. The fourth-order valence-corrected chi connectivity index (χ4v) is 4.53. The Bertz CT molecular complexity index is 1120. The summed E-state index contributed by atoms with van der Waals surface area (Å²) in [7, 11) is 0. The van der Waals surface area contributed by atoms with E-state index in [-0.39, 0.29) is 12.1 Å². The lowest BCUT2D eigenvalue weighted by atomic mass is 10.1. The molecule has 4 aromatic rings. The van der Waals surface area contributed by atoms with Crippen molar-refractivity contribution in [3.8, 4) is 10.6 Å². The molecule has 2 heterocycles. The molecule has 0 fully saturated rings. The number of carbonyl (C=O) groups is 1. The van der Waals surface area contributed by atoms with E-state index in [2.05, 4.69) is 88.2 Å². The molecule has 2 aromatic heterocycles. The minimum absolute atomic E-state index is 0.124. The van der Waals surface area contributed by atoms with Gasteiger partial charge in [-0.2, -0.15) is 0 Å². The van der Waals surface area contributed by atoms with E-state index < -0.39 is 0 Å². The Balaban J connectivity index is 1.77. The van der Waals surface area contributed by atoms with E-state index in [4.69, 9.17) is 0 Å². The Kier molecular flexibility index (Phi) is 6.19. The molecule has 0 unspecified atom stereocenters. The van der Waals surface area contributed by atoms with Gasteiger partial charge in [0.05, 0.1) is 10.6 Å². The molecule has 0 aliphatic carbocycles. The second kappa shape index (κ2) is 9.18. The molecule has 154 valence electrons. The molecule has 4 rings (SSSR count). The van der Waals surface area contributed by atoms with E-state index in [1.165, 1.54) is 27.0 Å². The van der Waals surface area contributed by atoms with Gasteiger partial charge in [-0.25, -0.2) is 4.79 Å². The predicted octanol–water partition coefficient (Wildman–Crippen LogP) is 6.02. The van der Waals surface area contributed by atoms with Gasteiger partial charge in [0.1, 0.15) is 0 Å². The largest absolute Gasteiger partial charge is 0.336 e. The van der Waals surface area contributed by atoms with Crippen LogP contribution >= 0.6 is 11.3 Å². The summed E-state index contributed by atoms with van der Waals surface area (Å²) in [6.45, 7) is 5.35. The number of rotatable bonds is 7. The van der Waals surface area contributed by atoms with Gasteiger partial charge in [-0.15, -0.1) is 11.3 Å². The lowest BCUT2D eigenvalue weighted by molar-refractivity contribution is 0.237. The van der Waals surface area contributed by atoms with Crippen molar-refractivity contribution < 1.29 is 4.79 Å². The molecule has 30 heavy (non-hydrogen) atoms. The monoisotopic (exact) mass is 417 g/mol. The van der Waals surface area contributed by atoms with Gasteiger partial charge in [0.15, 0.2) is 0 Å². The minimum atomic E-state index is -0.124. The lowest BCUT2D eigenvalue weighted by Crippen LogP contribution is -2.40. The number of nitrogens with zero attached hydrogens (tertiary/aromatic N) is 1. The van der Waals surface area contributed by atoms with Crippen molar-refractivity contribution in [1.29, 1.82) is 0 Å². The van der Waals surface area contributed by atoms with E-state index in [9.17, 15) is 4.79 Å². The number of urea groups is 1. The first kappa shape index (κ1) is 20.2. The number of benzene rings is 2. The highest BCUT2D eigenvalue weighted by molar-refractivity contribution is 7.13. The molecular weight excluding hydrogens is 390 g/mol. The molecular formula is C25H27N3OS. The number of hydrogen-bond donors (Lipinski definition) is 2. The zero-order valence-corrected chi connectivity index (χ0v) is 18.2. The quantitative estimate of drug-likeness (QED) is 0.380. The van der Waals surface area contributed by atoms with Crippen LogP contribution in [0.3, 0.4) is 0 Å². The average molecular weight is 418 g/mol. The molecule has 0 bridgehead atoms. The summed E-state index contributed by atoms with van der Waals surface area (Å²) in [5, 5.41) is 9.36. The van der Waals surface area contributed by atoms with Gasteiger partial charge in [0.2, 0.25) is 0 Å². The second-order valence-electron chi connectivity index (χ2n) is 7.53. The maximum absolute atomic E-state index is 12.4. The maximum atomic E-state index is 12.4. The SMILES string of the molecule is CC[C@@H](C)NC(=O)NCc1c(-c2cccs2)n(Cc2ccccc2)c2ccccc12. The van der Waals surface area contributed by atoms with Crippen molar-refractivity contribution in [3.05, 3.63) is 83.2 Å². The van der Waals surface area contributed by atoms with Crippen LogP contribution in [0.4, 0.5) is 4.79 Å². The van der Waals surface area contributed by atoms with Crippen molar-refractivity contribution in [2.45, 2.75) is 39.4 Å². The van der Waals surface area contributed by atoms with Crippen molar-refractivity contribution in [2.24, 2.45) is 0 Å². The number of nitrogens with one attached hydrogen (secondary N) is 2. The molecule has 5 heteroatoms. The zero-order valence-electron chi connectivity index (χ0n) is 17.4. The lowest BCUT2D eigenvalue weighted by Gasteiger charge is -2.14. The molecule has 0 saturated carbocycles. The first-order valence-electron chi connectivity index (χ1n) is 10.4. The van der Waals surface area contributed by atoms with Gasteiger partial charge in [0.25, 0.3) is 0 Å². The number of amides is 2. The van der Waals surface area contributed by atoms with Crippen LogP contribution in [0.15, 0.2) is 72.1 Å². The van der Waals surface area contributed by atoms with E-state index >= 15 is 0 Å². The number of carbonyl (C=O) groups excluding carboxylic acids is 1. The Morgan fingerprint density at radius 2 is 1.80 bits per heavy atom. The fourth-order valence-electron chi connectivity index (χ4n) is 3.72. The van der Waals surface area contributed by atoms with Crippen molar-refractivity contribution in [1.82, 2.24) is 15.2 Å².